The van der Waals surface area contributed by atoms with Crippen LogP contribution in [0.4, 0.5) is 5.69 Å². The Morgan fingerprint density at radius 2 is 2.05 bits per heavy atom. The van der Waals surface area contributed by atoms with Crippen LogP contribution in [0.5, 0.6) is 11.5 Å². The normalized spacial score (nSPS) is 17.4. The summed E-state index contributed by atoms with van der Waals surface area (Å²) in [7, 11) is 1.52. The molecule has 0 saturated carbocycles. The van der Waals surface area contributed by atoms with E-state index in [2.05, 4.69) is 11.9 Å². The standard InChI is InChI=1S/C16H18N2O4/c1-10-15(19)17-14-12(8-11(21-2)9-13(14)22-10)16(20)18-6-4-3-5-7-18/h8-9H,1,3-7H2,2H3,(H,17,19). The SMILES string of the molecule is C=C1Oc2cc(OC)cc(C(=O)N3CCCCC3)c2NC1=O. The number of nitrogens with one attached hydrogen (secondary N) is 1. The van der Waals surface area contributed by atoms with Gasteiger partial charge in [-0.05, 0) is 25.3 Å². The second kappa shape index (κ2) is 5.71. The Bertz CT molecular complexity index is 648. The molecule has 2 aliphatic heterocycles. The van der Waals surface area contributed by atoms with Crippen molar-refractivity contribution in [3.8, 4) is 11.5 Å². The molecule has 116 valence electrons. The molecule has 0 aliphatic carbocycles. The maximum Gasteiger partial charge on any atom is 0.290 e. The van der Waals surface area contributed by atoms with Gasteiger partial charge in [0.05, 0.1) is 18.4 Å². The lowest BCUT2D eigenvalue weighted by Gasteiger charge is -2.29. The minimum Gasteiger partial charge on any atom is -0.497 e. The van der Waals surface area contributed by atoms with Gasteiger partial charge in [0.25, 0.3) is 11.8 Å². The molecule has 1 saturated heterocycles. The molecular weight excluding hydrogens is 284 g/mol. The van der Waals surface area contributed by atoms with Crippen molar-refractivity contribution in [3.63, 3.8) is 0 Å². The summed E-state index contributed by atoms with van der Waals surface area (Å²) in [4.78, 5) is 26.3. The molecule has 0 bridgehead atoms. The van der Waals surface area contributed by atoms with E-state index in [9.17, 15) is 9.59 Å². The van der Waals surface area contributed by atoms with Gasteiger partial charge in [-0.2, -0.15) is 0 Å². The van der Waals surface area contributed by atoms with Gasteiger partial charge in [0, 0.05) is 19.2 Å². The number of nitrogens with zero attached hydrogens (tertiary/aromatic N) is 1. The summed E-state index contributed by atoms with van der Waals surface area (Å²) in [5.74, 6) is 0.320. The zero-order valence-corrected chi connectivity index (χ0v) is 12.5. The maximum absolute atomic E-state index is 12.8. The largest absolute Gasteiger partial charge is 0.497 e. The Morgan fingerprint density at radius 3 is 2.73 bits per heavy atom. The molecule has 22 heavy (non-hydrogen) atoms. The summed E-state index contributed by atoms with van der Waals surface area (Å²) < 4.78 is 10.6. The van der Waals surface area contributed by atoms with Crippen molar-refractivity contribution in [2.75, 3.05) is 25.5 Å². The molecule has 3 rings (SSSR count). The van der Waals surface area contributed by atoms with Crippen LogP contribution >= 0.6 is 0 Å². The van der Waals surface area contributed by atoms with E-state index in [4.69, 9.17) is 9.47 Å². The molecule has 6 heteroatoms. The summed E-state index contributed by atoms with van der Waals surface area (Å²) in [6.45, 7) is 5.00. The van der Waals surface area contributed by atoms with Crippen molar-refractivity contribution in [1.29, 1.82) is 0 Å². The van der Waals surface area contributed by atoms with Crippen LogP contribution < -0.4 is 14.8 Å². The van der Waals surface area contributed by atoms with Crippen LogP contribution in [0.3, 0.4) is 0 Å². The molecule has 0 atom stereocenters. The molecule has 1 aromatic carbocycles. The van der Waals surface area contributed by atoms with Gasteiger partial charge in [0.2, 0.25) is 0 Å². The first-order valence-electron chi connectivity index (χ1n) is 7.29. The van der Waals surface area contributed by atoms with E-state index in [0.717, 1.165) is 32.4 Å². The third kappa shape index (κ3) is 2.52. The molecule has 1 N–H and O–H groups in total. The number of fused-ring (bicyclic) bond motifs is 1. The van der Waals surface area contributed by atoms with E-state index in [-0.39, 0.29) is 11.7 Å². The summed E-state index contributed by atoms with van der Waals surface area (Å²) in [6, 6.07) is 3.26. The number of amides is 2. The number of carbonyl (C=O) groups is 2. The first-order chi connectivity index (χ1) is 10.6. The second-order valence-corrected chi connectivity index (χ2v) is 5.38. The van der Waals surface area contributed by atoms with Crippen LogP contribution in [0.25, 0.3) is 0 Å². The third-order valence-corrected chi connectivity index (χ3v) is 3.91. The van der Waals surface area contributed by atoms with Gasteiger partial charge in [-0.25, -0.2) is 0 Å². The zero-order valence-electron chi connectivity index (χ0n) is 12.5. The number of anilines is 1. The number of hydrogen-bond acceptors (Lipinski definition) is 4. The lowest BCUT2D eigenvalue weighted by molar-refractivity contribution is -0.115. The number of methoxy groups -OCH3 is 1. The molecule has 6 nitrogen and oxygen atoms in total. The Balaban J connectivity index is 2.02. The van der Waals surface area contributed by atoms with Crippen LogP contribution in [-0.4, -0.2) is 36.9 Å². The quantitative estimate of drug-likeness (QED) is 0.850. The Kier molecular flexibility index (Phi) is 3.75. The van der Waals surface area contributed by atoms with E-state index in [0.29, 0.717) is 22.7 Å². The number of carbonyl (C=O) groups excluding carboxylic acids is 2. The van der Waals surface area contributed by atoms with Gasteiger partial charge in [0.15, 0.2) is 11.5 Å². The van der Waals surface area contributed by atoms with Gasteiger partial charge in [-0.15, -0.1) is 0 Å². The minimum absolute atomic E-state index is 0.00266. The molecule has 2 amide bonds. The predicted octanol–water partition coefficient (Wildman–Crippen LogP) is 2.17. The van der Waals surface area contributed by atoms with E-state index in [1.54, 1.807) is 17.0 Å². The zero-order chi connectivity index (χ0) is 15.7. The first kappa shape index (κ1) is 14.4. The van der Waals surface area contributed by atoms with Crippen molar-refractivity contribution in [2.24, 2.45) is 0 Å². The molecule has 1 fully saturated rings. The molecule has 0 aromatic heterocycles. The van der Waals surface area contributed by atoms with Gasteiger partial charge >= 0.3 is 0 Å². The Hall–Kier alpha value is -2.50. The number of benzene rings is 1. The van der Waals surface area contributed by atoms with Gasteiger partial charge in [-0.1, -0.05) is 6.58 Å². The molecule has 0 radical (unpaired) electrons. The van der Waals surface area contributed by atoms with Gasteiger partial charge < -0.3 is 19.7 Å². The predicted molar refractivity (Wildman–Crippen MR) is 81.1 cm³/mol. The average Bonchev–Trinajstić information content (AvgIpc) is 2.55. The first-order valence-corrected chi connectivity index (χ1v) is 7.29. The van der Waals surface area contributed by atoms with Crippen LogP contribution in [-0.2, 0) is 4.79 Å². The van der Waals surface area contributed by atoms with Crippen molar-refractivity contribution in [2.45, 2.75) is 19.3 Å². The van der Waals surface area contributed by atoms with Crippen LogP contribution in [0.1, 0.15) is 29.6 Å². The number of piperidine rings is 1. The molecule has 0 spiro atoms. The van der Waals surface area contributed by atoms with Crippen molar-refractivity contribution < 1.29 is 19.1 Å². The fourth-order valence-electron chi connectivity index (χ4n) is 2.72. The molecule has 2 aliphatic rings. The van der Waals surface area contributed by atoms with E-state index in [1.807, 2.05) is 0 Å². The lowest BCUT2D eigenvalue weighted by Crippen LogP contribution is -2.36. The smallest absolute Gasteiger partial charge is 0.290 e. The molecule has 1 aromatic rings. The number of likely N-dealkylation sites (tertiary alicyclic amines) is 1. The van der Waals surface area contributed by atoms with Crippen LogP contribution in [0.15, 0.2) is 24.5 Å². The number of rotatable bonds is 2. The number of hydrogen-bond donors (Lipinski definition) is 1. The Morgan fingerprint density at radius 1 is 1.32 bits per heavy atom. The molecule has 0 unspecified atom stereocenters. The second-order valence-electron chi connectivity index (χ2n) is 5.38. The highest BCUT2D eigenvalue weighted by Gasteiger charge is 2.29. The van der Waals surface area contributed by atoms with E-state index < -0.39 is 5.91 Å². The van der Waals surface area contributed by atoms with Crippen molar-refractivity contribution >= 4 is 17.5 Å². The maximum atomic E-state index is 12.8. The summed E-state index contributed by atoms with van der Waals surface area (Å²) >= 11 is 0. The monoisotopic (exact) mass is 302 g/mol. The Labute approximate surface area is 128 Å². The summed E-state index contributed by atoms with van der Waals surface area (Å²) in [5.41, 5.74) is 0.769. The number of ether oxygens (including phenoxy) is 2. The van der Waals surface area contributed by atoms with E-state index in [1.165, 1.54) is 7.11 Å². The van der Waals surface area contributed by atoms with Crippen LogP contribution in [0, 0.1) is 0 Å². The molecule has 2 heterocycles. The highest BCUT2D eigenvalue weighted by molar-refractivity contribution is 6.11. The van der Waals surface area contributed by atoms with Crippen molar-refractivity contribution in [1.82, 2.24) is 4.90 Å². The summed E-state index contributed by atoms with van der Waals surface area (Å²) in [6.07, 6.45) is 3.13. The highest BCUT2D eigenvalue weighted by atomic mass is 16.5. The fraction of sp³-hybridized carbons (Fsp3) is 0.375. The average molecular weight is 302 g/mol. The third-order valence-electron chi connectivity index (χ3n) is 3.91. The van der Waals surface area contributed by atoms with E-state index >= 15 is 0 Å². The fourth-order valence-corrected chi connectivity index (χ4v) is 2.72. The minimum atomic E-state index is -0.439. The van der Waals surface area contributed by atoms with Crippen LogP contribution in [0.2, 0.25) is 0 Å². The van der Waals surface area contributed by atoms with Gasteiger partial charge in [-0.3, -0.25) is 9.59 Å². The summed E-state index contributed by atoms with van der Waals surface area (Å²) in [5, 5.41) is 2.68. The molecular formula is C16H18N2O4. The van der Waals surface area contributed by atoms with Gasteiger partial charge in [0.1, 0.15) is 5.75 Å². The topological polar surface area (TPSA) is 67.9 Å². The van der Waals surface area contributed by atoms with Crippen molar-refractivity contribution in [3.05, 3.63) is 30.0 Å². The highest BCUT2D eigenvalue weighted by Crippen LogP contribution is 2.38. The lowest BCUT2D eigenvalue weighted by atomic mass is 10.1.